The van der Waals surface area contributed by atoms with Gasteiger partial charge in [0.25, 0.3) is 5.91 Å². The molecule has 0 aliphatic heterocycles. The van der Waals surface area contributed by atoms with E-state index in [1.807, 2.05) is 25.3 Å². The highest BCUT2D eigenvalue weighted by atomic mass is 16.5. The maximum absolute atomic E-state index is 12.4. The predicted molar refractivity (Wildman–Crippen MR) is 75.3 cm³/mol. The number of methoxy groups -OCH3 is 1. The van der Waals surface area contributed by atoms with E-state index in [2.05, 4.69) is 4.98 Å². The Morgan fingerprint density at radius 3 is 2.90 bits per heavy atom. The molecule has 0 radical (unpaired) electrons. The molecule has 0 atom stereocenters. The lowest BCUT2D eigenvalue weighted by Crippen LogP contribution is -2.38. The van der Waals surface area contributed by atoms with E-state index in [0.29, 0.717) is 5.65 Å². The molecule has 0 unspecified atom stereocenters. The summed E-state index contributed by atoms with van der Waals surface area (Å²) < 4.78 is 6.63. The van der Waals surface area contributed by atoms with Gasteiger partial charge in [-0.3, -0.25) is 9.59 Å². The van der Waals surface area contributed by atoms with Crippen LogP contribution in [0, 0.1) is 6.92 Å². The van der Waals surface area contributed by atoms with E-state index in [4.69, 9.17) is 9.84 Å². The van der Waals surface area contributed by atoms with Gasteiger partial charge >= 0.3 is 5.97 Å². The number of amides is 1. The average Bonchev–Trinajstić information content (AvgIpc) is 2.85. The zero-order valence-electron chi connectivity index (χ0n) is 11.9. The Bertz CT molecular complexity index is 665. The Hall–Kier alpha value is -2.41. The van der Waals surface area contributed by atoms with Crippen molar-refractivity contribution in [1.82, 2.24) is 14.3 Å². The smallest absolute Gasteiger partial charge is 0.323 e. The normalized spacial score (nSPS) is 10.8. The largest absolute Gasteiger partial charge is 0.480 e. The van der Waals surface area contributed by atoms with Crippen LogP contribution >= 0.6 is 0 Å². The minimum absolute atomic E-state index is 0.203. The van der Waals surface area contributed by atoms with Crippen molar-refractivity contribution >= 4 is 17.5 Å². The maximum atomic E-state index is 12.4. The Morgan fingerprint density at radius 1 is 1.48 bits per heavy atom. The van der Waals surface area contributed by atoms with Crippen LogP contribution < -0.4 is 0 Å². The molecule has 2 rings (SSSR count). The monoisotopic (exact) mass is 291 g/mol. The van der Waals surface area contributed by atoms with E-state index in [9.17, 15) is 9.59 Å². The van der Waals surface area contributed by atoms with Crippen molar-refractivity contribution in [2.45, 2.75) is 6.92 Å². The van der Waals surface area contributed by atoms with Crippen molar-refractivity contribution in [3.05, 3.63) is 35.8 Å². The van der Waals surface area contributed by atoms with E-state index in [-0.39, 0.29) is 25.4 Å². The molecule has 2 heterocycles. The zero-order chi connectivity index (χ0) is 15.4. The van der Waals surface area contributed by atoms with Crippen molar-refractivity contribution in [1.29, 1.82) is 0 Å². The third kappa shape index (κ3) is 3.57. The number of nitrogens with zero attached hydrogens (tertiary/aromatic N) is 3. The molecule has 0 fully saturated rings. The van der Waals surface area contributed by atoms with Gasteiger partial charge < -0.3 is 19.1 Å². The number of aromatic nitrogens is 2. The third-order valence-electron chi connectivity index (χ3n) is 3.01. The van der Waals surface area contributed by atoms with Crippen LogP contribution in [-0.2, 0) is 9.53 Å². The highest BCUT2D eigenvalue weighted by molar-refractivity contribution is 5.94. The summed E-state index contributed by atoms with van der Waals surface area (Å²) >= 11 is 0. The summed E-state index contributed by atoms with van der Waals surface area (Å²) in [4.78, 5) is 28.7. The standard InChI is InChI=1S/C14H17N3O4/c1-10-3-4-16-8-11(15-12(16)7-10)14(20)17(5-6-21-2)9-13(18)19/h3-4,7-8H,5-6,9H2,1-2H3,(H,18,19). The number of ether oxygens (including phenoxy) is 1. The van der Waals surface area contributed by atoms with Crippen molar-refractivity contribution in [3.8, 4) is 0 Å². The number of hydrogen-bond acceptors (Lipinski definition) is 4. The molecule has 7 heteroatoms. The summed E-state index contributed by atoms with van der Waals surface area (Å²) in [5.41, 5.74) is 1.91. The summed E-state index contributed by atoms with van der Waals surface area (Å²) in [5, 5.41) is 8.89. The van der Waals surface area contributed by atoms with E-state index in [1.165, 1.54) is 12.0 Å². The van der Waals surface area contributed by atoms with E-state index in [0.717, 1.165) is 5.56 Å². The number of pyridine rings is 1. The number of imidazole rings is 1. The molecule has 1 amide bonds. The van der Waals surface area contributed by atoms with Gasteiger partial charge in [-0.15, -0.1) is 0 Å². The SMILES string of the molecule is COCCN(CC(=O)O)C(=O)c1cn2ccc(C)cc2n1. The van der Waals surface area contributed by atoms with Crippen molar-refractivity contribution < 1.29 is 19.4 Å². The fourth-order valence-electron chi connectivity index (χ4n) is 1.97. The van der Waals surface area contributed by atoms with Gasteiger partial charge in [-0.25, -0.2) is 4.98 Å². The van der Waals surface area contributed by atoms with Crippen molar-refractivity contribution in [2.24, 2.45) is 0 Å². The number of carbonyl (C=O) groups is 2. The second-order valence-electron chi connectivity index (χ2n) is 4.71. The first-order valence-electron chi connectivity index (χ1n) is 6.46. The van der Waals surface area contributed by atoms with Gasteiger partial charge in [0, 0.05) is 26.0 Å². The van der Waals surface area contributed by atoms with Gasteiger partial charge in [-0.05, 0) is 24.6 Å². The number of aryl methyl sites for hydroxylation is 1. The lowest BCUT2D eigenvalue weighted by Gasteiger charge is -2.18. The highest BCUT2D eigenvalue weighted by Gasteiger charge is 2.20. The van der Waals surface area contributed by atoms with Crippen LogP contribution in [0.25, 0.3) is 5.65 Å². The Balaban J connectivity index is 2.26. The molecule has 0 aromatic carbocycles. The van der Waals surface area contributed by atoms with Crippen LogP contribution in [0.2, 0.25) is 0 Å². The topological polar surface area (TPSA) is 84.1 Å². The Labute approximate surface area is 121 Å². The Kier molecular flexibility index (Phi) is 4.54. The van der Waals surface area contributed by atoms with E-state index >= 15 is 0 Å². The van der Waals surface area contributed by atoms with Crippen LogP contribution in [0.1, 0.15) is 16.1 Å². The van der Waals surface area contributed by atoms with Gasteiger partial charge in [0.1, 0.15) is 17.9 Å². The second-order valence-corrected chi connectivity index (χ2v) is 4.71. The summed E-state index contributed by atoms with van der Waals surface area (Å²) in [6.45, 7) is 2.03. The summed E-state index contributed by atoms with van der Waals surface area (Å²) in [7, 11) is 1.50. The Morgan fingerprint density at radius 2 is 2.24 bits per heavy atom. The fraction of sp³-hybridized carbons (Fsp3) is 0.357. The van der Waals surface area contributed by atoms with Gasteiger partial charge in [-0.1, -0.05) is 0 Å². The summed E-state index contributed by atoms with van der Waals surface area (Å²) in [6, 6.07) is 3.76. The molecule has 2 aromatic rings. The van der Waals surface area contributed by atoms with Crippen LogP contribution in [0.15, 0.2) is 24.5 Å². The average molecular weight is 291 g/mol. The fourth-order valence-corrected chi connectivity index (χ4v) is 1.97. The summed E-state index contributed by atoms with van der Waals surface area (Å²) in [6.07, 6.45) is 3.41. The first-order chi connectivity index (χ1) is 10.0. The molecule has 0 saturated carbocycles. The van der Waals surface area contributed by atoms with Gasteiger partial charge in [0.2, 0.25) is 0 Å². The molecule has 2 aromatic heterocycles. The van der Waals surface area contributed by atoms with Crippen LogP contribution in [0.5, 0.6) is 0 Å². The quantitative estimate of drug-likeness (QED) is 0.851. The highest BCUT2D eigenvalue weighted by Crippen LogP contribution is 2.10. The van der Waals surface area contributed by atoms with E-state index in [1.54, 1.807) is 10.6 Å². The maximum Gasteiger partial charge on any atom is 0.323 e. The predicted octanol–water partition coefficient (Wildman–Crippen LogP) is 0.816. The van der Waals surface area contributed by atoms with Crippen LogP contribution in [-0.4, -0.2) is 58.1 Å². The van der Waals surface area contributed by atoms with Crippen molar-refractivity contribution in [3.63, 3.8) is 0 Å². The molecule has 0 bridgehead atoms. The molecule has 112 valence electrons. The van der Waals surface area contributed by atoms with Crippen molar-refractivity contribution in [2.75, 3.05) is 26.8 Å². The third-order valence-corrected chi connectivity index (χ3v) is 3.01. The summed E-state index contributed by atoms with van der Waals surface area (Å²) in [5.74, 6) is -1.49. The lowest BCUT2D eigenvalue weighted by atomic mass is 10.3. The molecular formula is C14H17N3O4. The first kappa shape index (κ1) is 15.0. The molecule has 21 heavy (non-hydrogen) atoms. The minimum atomic E-state index is -1.07. The van der Waals surface area contributed by atoms with E-state index < -0.39 is 11.9 Å². The molecule has 1 N–H and O–H groups in total. The first-order valence-corrected chi connectivity index (χ1v) is 6.46. The molecule has 0 aliphatic rings. The number of fused-ring (bicyclic) bond motifs is 1. The van der Waals surface area contributed by atoms with Gasteiger partial charge in [0.15, 0.2) is 0 Å². The van der Waals surface area contributed by atoms with Gasteiger partial charge in [-0.2, -0.15) is 0 Å². The molecule has 7 nitrogen and oxygen atoms in total. The minimum Gasteiger partial charge on any atom is -0.480 e. The number of hydrogen-bond donors (Lipinski definition) is 1. The number of carboxylic acids is 1. The number of rotatable bonds is 6. The number of carbonyl (C=O) groups excluding carboxylic acids is 1. The molecule has 0 spiro atoms. The zero-order valence-corrected chi connectivity index (χ0v) is 11.9. The molecule has 0 saturated heterocycles. The molecule has 0 aliphatic carbocycles. The number of carboxylic acid groups (broad SMARTS) is 1. The molecular weight excluding hydrogens is 274 g/mol. The van der Waals surface area contributed by atoms with Crippen LogP contribution in [0.4, 0.5) is 0 Å². The van der Waals surface area contributed by atoms with Gasteiger partial charge in [0.05, 0.1) is 6.61 Å². The number of aliphatic carboxylic acids is 1. The lowest BCUT2D eigenvalue weighted by molar-refractivity contribution is -0.137. The van der Waals surface area contributed by atoms with Crippen LogP contribution in [0.3, 0.4) is 0 Å². The second kappa shape index (κ2) is 6.36.